The smallest absolute Gasteiger partial charge is 0.257 e. The van der Waals surface area contributed by atoms with E-state index in [0.717, 1.165) is 4.47 Å². The van der Waals surface area contributed by atoms with Gasteiger partial charge >= 0.3 is 0 Å². The average Bonchev–Trinajstić information content (AvgIpc) is 2.72. The van der Waals surface area contributed by atoms with Crippen molar-refractivity contribution in [2.45, 2.75) is 66.0 Å². The molecule has 1 aromatic rings. The molecule has 0 spiro atoms. The molecule has 26 heavy (non-hydrogen) atoms. The number of amides is 3. The molecule has 1 aliphatic rings. The van der Waals surface area contributed by atoms with Crippen molar-refractivity contribution in [3.05, 3.63) is 28.7 Å². The molecule has 1 unspecified atom stereocenters. The Kier molecular flexibility index (Phi) is 5.66. The van der Waals surface area contributed by atoms with Crippen molar-refractivity contribution in [1.82, 2.24) is 4.90 Å². The number of nitrogens with zero attached hydrogens (tertiary/aromatic N) is 2. The molecule has 1 heterocycles. The number of anilines is 1. The van der Waals surface area contributed by atoms with E-state index in [9.17, 15) is 14.4 Å². The predicted molar refractivity (Wildman–Crippen MR) is 106 cm³/mol. The lowest BCUT2D eigenvalue weighted by Crippen LogP contribution is -2.55. The first-order valence-electron chi connectivity index (χ1n) is 8.76. The van der Waals surface area contributed by atoms with Crippen molar-refractivity contribution in [3.63, 3.8) is 0 Å². The summed E-state index contributed by atoms with van der Waals surface area (Å²) in [5.41, 5.74) is -0.223. The lowest BCUT2D eigenvalue weighted by Gasteiger charge is -2.40. The van der Waals surface area contributed by atoms with Gasteiger partial charge in [-0.15, -0.1) is 0 Å². The number of halogens is 1. The number of benzene rings is 1. The molecule has 2 rings (SSSR count). The summed E-state index contributed by atoms with van der Waals surface area (Å²) in [5, 5.41) is 0. The van der Waals surface area contributed by atoms with Crippen LogP contribution in [0, 0.1) is 5.41 Å². The second-order valence-electron chi connectivity index (χ2n) is 8.94. The third kappa shape index (κ3) is 4.53. The molecule has 0 aromatic heterocycles. The molecular formula is C20H27BrN2O3. The fraction of sp³-hybridized carbons (Fsp3) is 0.550. The largest absolute Gasteiger partial charge is 0.325 e. The first-order valence-corrected chi connectivity index (χ1v) is 9.55. The molecule has 1 aromatic carbocycles. The van der Waals surface area contributed by atoms with E-state index in [2.05, 4.69) is 15.9 Å². The molecule has 0 bridgehead atoms. The molecule has 5 nitrogen and oxygen atoms in total. The minimum absolute atomic E-state index is 0.0159. The summed E-state index contributed by atoms with van der Waals surface area (Å²) in [6.07, 6.45) is 0.336. The Morgan fingerprint density at radius 1 is 1.12 bits per heavy atom. The van der Waals surface area contributed by atoms with E-state index in [4.69, 9.17) is 0 Å². The van der Waals surface area contributed by atoms with Crippen LogP contribution in [0.4, 0.5) is 5.69 Å². The third-order valence-corrected chi connectivity index (χ3v) is 4.72. The van der Waals surface area contributed by atoms with Crippen LogP contribution in [-0.2, 0) is 14.4 Å². The summed E-state index contributed by atoms with van der Waals surface area (Å²) in [4.78, 5) is 41.4. The SMILES string of the molecule is CC(C)(C)CC(=O)N(C1CC(=O)N(c2ccc(Br)cc2)C1=O)C(C)(C)C. The number of carbonyl (C=O) groups excluding carboxylic acids is 3. The summed E-state index contributed by atoms with van der Waals surface area (Å²) in [6.45, 7) is 11.7. The second-order valence-corrected chi connectivity index (χ2v) is 9.85. The van der Waals surface area contributed by atoms with Gasteiger partial charge in [-0.25, -0.2) is 4.90 Å². The van der Waals surface area contributed by atoms with E-state index in [1.54, 1.807) is 29.2 Å². The van der Waals surface area contributed by atoms with Gasteiger partial charge in [-0.2, -0.15) is 0 Å². The highest BCUT2D eigenvalue weighted by Gasteiger charge is 2.47. The van der Waals surface area contributed by atoms with Gasteiger partial charge in [0.15, 0.2) is 0 Å². The molecule has 1 fully saturated rings. The summed E-state index contributed by atoms with van der Waals surface area (Å²) >= 11 is 3.35. The molecule has 0 saturated carbocycles. The maximum Gasteiger partial charge on any atom is 0.257 e. The molecular weight excluding hydrogens is 396 g/mol. The van der Waals surface area contributed by atoms with Crippen LogP contribution in [0.1, 0.15) is 54.4 Å². The Balaban J connectivity index is 2.35. The second kappa shape index (κ2) is 7.14. The van der Waals surface area contributed by atoms with Crippen LogP contribution in [-0.4, -0.2) is 34.2 Å². The lowest BCUT2D eigenvalue weighted by molar-refractivity contribution is -0.145. The van der Waals surface area contributed by atoms with Gasteiger partial charge in [0, 0.05) is 16.4 Å². The molecule has 142 valence electrons. The Morgan fingerprint density at radius 2 is 1.65 bits per heavy atom. The topological polar surface area (TPSA) is 57.7 Å². The number of rotatable bonds is 3. The van der Waals surface area contributed by atoms with Crippen molar-refractivity contribution in [1.29, 1.82) is 0 Å². The zero-order valence-corrected chi connectivity index (χ0v) is 17.9. The molecule has 1 aliphatic heterocycles. The van der Waals surface area contributed by atoms with Gasteiger partial charge in [0.1, 0.15) is 6.04 Å². The highest BCUT2D eigenvalue weighted by molar-refractivity contribution is 9.10. The first kappa shape index (κ1) is 20.6. The van der Waals surface area contributed by atoms with Crippen molar-refractivity contribution in [2.24, 2.45) is 5.41 Å². The van der Waals surface area contributed by atoms with Crippen LogP contribution in [0.3, 0.4) is 0 Å². The van der Waals surface area contributed by atoms with E-state index in [0.29, 0.717) is 12.1 Å². The average molecular weight is 423 g/mol. The highest BCUT2D eigenvalue weighted by Crippen LogP contribution is 2.32. The van der Waals surface area contributed by atoms with E-state index >= 15 is 0 Å². The molecule has 1 atom stereocenters. The molecule has 3 amide bonds. The Hall–Kier alpha value is -1.69. The fourth-order valence-electron chi connectivity index (χ4n) is 3.23. The maximum atomic E-state index is 13.1. The van der Waals surface area contributed by atoms with Crippen molar-refractivity contribution in [3.8, 4) is 0 Å². The van der Waals surface area contributed by atoms with Crippen LogP contribution >= 0.6 is 15.9 Å². The highest BCUT2D eigenvalue weighted by atomic mass is 79.9. The van der Waals surface area contributed by atoms with E-state index < -0.39 is 11.6 Å². The minimum Gasteiger partial charge on any atom is -0.325 e. The quantitative estimate of drug-likeness (QED) is 0.687. The van der Waals surface area contributed by atoms with E-state index in [-0.39, 0.29) is 29.6 Å². The summed E-state index contributed by atoms with van der Waals surface area (Å²) in [7, 11) is 0. The predicted octanol–water partition coefficient (Wildman–Crippen LogP) is 4.14. The first-order chi connectivity index (χ1) is 11.8. The van der Waals surface area contributed by atoms with Gasteiger partial charge in [-0.1, -0.05) is 36.7 Å². The van der Waals surface area contributed by atoms with Crippen LogP contribution in [0.2, 0.25) is 0 Å². The van der Waals surface area contributed by atoms with Gasteiger partial charge in [-0.3, -0.25) is 14.4 Å². The Labute approximate surface area is 163 Å². The van der Waals surface area contributed by atoms with Crippen LogP contribution in [0.25, 0.3) is 0 Å². The van der Waals surface area contributed by atoms with Crippen molar-refractivity contribution < 1.29 is 14.4 Å². The fourth-order valence-corrected chi connectivity index (χ4v) is 3.50. The zero-order valence-electron chi connectivity index (χ0n) is 16.3. The normalized spacial score (nSPS) is 18.4. The molecule has 0 N–H and O–H groups in total. The van der Waals surface area contributed by atoms with Gasteiger partial charge in [0.2, 0.25) is 11.8 Å². The number of hydrogen-bond donors (Lipinski definition) is 0. The number of carbonyl (C=O) groups is 3. The zero-order chi connectivity index (χ0) is 19.9. The standard InChI is InChI=1S/C20H27BrN2O3/c1-19(2,3)12-17(25)23(20(4,5)6)15-11-16(24)22(18(15)26)14-9-7-13(21)8-10-14/h7-10,15H,11-12H2,1-6H3. The van der Waals surface area contributed by atoms with E-state index in [1.807, 2.05) is 41.5 Å². The van der Waals surface area contributed by atoms with Crippen molar-refractivity contribution >= 4 is 39.3 Å². The van der Waals surface area contributed by atoms with Crippen molar-refractivity contribution in [2.75, 3.05) is 4.90 Å². The molecule has 0 aliphatic carbocycles. The number of imide groups is 1. The third-order valence-electron chi connectivity index (χ3n) is 4.19. The minimum atomic E-state index is -0.763. The number of hydrogen-bond acceptors (Lipinski definition) is 3. The summed E-state index contributed by atoms with van der Waals surface area (Å²) in [5.74, 6) is -0.719. The van der Waals surface area contributed by atoms with Crippen LogP contribution < -0.4 is 4.90 Å². The van der Waals surface area contributed by atoms with Gasteiger partial charge in [0.05, 0.1) is 12.1 Å². The summed E-state index contributed by atoms with van der Waals surface area (Å²) < 4.78 is 0.869. The summed E-state index contributed by atoms with van der Waals surface area (Å²) in [6, 6.07) is 6.26. The van der Waals surface area contributed by atoms with Gasteiger partial charge in [0.25, 0.3) is 5.91 Å². The van der Waals surface area contributed by atoms with Gasteiger partial charge in [-0.05, 0) is 50.5 Å². The molecule has 6 heteroatoms. The van der Waals surface area contributed by atoms with Crippen LogP contribution in [0.15, 0.2) is 28.7 Å². The Morgan fingerprint density at radius 3 is 2.12 bits per heavy atom. The Bertz CT molecular complexity index is 714. The molecule has 0 radical (unpaired) electrons. The molecule has 1 saturated heterocycles. The lowest BCUT2D eigenvalue weighted by atomic mass is 9.89. The van der Waals surface area contributed by atoms with Crippen LogP contribution in [0.5, 0.6) is 0 Å². The maximum absolute atomic E-state index is 13.1. The van der Waals surface area contributed by atoms with Gasteiger partial charge < -0.3 is 4.90 Å². The van der Waals surface area contributed by atoms with E-state index in [1.165, 1.54) is 4.90 Å². The monoisotopic (exact) mass is 422 g/mol.